The molecule has 4 heteroatoms. The molecule has 3 nitrogen and oxygen atoms in total. The summed E-state index contributed by atoms with van der Waals surface area (Å²) in [6.07, 6.45) is 0.724. The fraction of sp³-hybridized carbons (Fsp3) is 0.588. The lowest BCUT2D eigenvalue weighted by atomic mass is 9.87. The Hall–Kier alpha value is -1.00. The first kappa shape index (κ1) is 18.1. The highest BCUT2D eigenvalue weighted by molar-refractivity contribution is 7.99. The fourth-order valence-corrected chi connectivity index (χ4v) is 3.05. The van der Waals surface area contributed by atoms with Crippen LogP contribution in [0.1, 0.15) is 39.7 Å². The molecule has 0 saturated carbocycles. The Bertz CT molecular complexity index is 465. The van der Waals surface area contributed by atoms with Crippen LogP contribution < -0.4 is 5.32 Å². The predicted octanol–water partition coefficient (Wildman–Crippen LogP) is 3.62. The van der Waals surface area contributed by atoms with Gasteiger partial charge in [0.2, 0.25) is 0 Å². The number of likely N-dealkylation sites (N-methyl/N-ethyl adjacent to an activating group) is 1. The van der Waals surface area contributed by atoms with Crippen molar-refractivity contribution in [2.24, 2.45) is 0 Å². The third kappa shape index (κ3) is 5.04. The Balaban J connectivity index is 2.58. The molecule has 0 saturated heterocycles. The molecule has 1 N–H and O–H groups in total. The molecule has 0 aromatic heterocycles. The smallest absolute Gasteiger partial charge is 0.325 e. The minimum atomic E-state index is -0.618. The molecule has 0 aliphatic rings. The van der Waals surface area contributed by atoms with Crippen molar-refractivity contribution in [3.63, 3.8) is 0 Å². The molecule has 118 valence electrons. The number of esters is 1. The van der Waals surface area contributed by atoms with Gasteiger partial charge in [-0.05, 0) is 43.5 Å². The monoisotopic (exact) mass is 309 g/mol. The zero-order chi connectivity index (χ0) is 16.1. The van der Waals surface area contributed by atoms with E-state index in [4.69, 9.17) is 4.74 Å². The summed E-state index contributed by atoms with van der Waals surface area (Å²) in [6.45, 7) is 8.51. The van der Waals surface area contributed by atoms with E-state index in [-0.39, 0.29) is 11.4 Å². The Morgan fingerprint density at radius 1 is 1.19 bits per heavy atom. The van der Waals surface area contributed by atoms with Gasteiger partial charge in [0.25, 0.3) is 0 Å². The minimum absolute atomic E-state index is 0.179. The predicted molar refractivity (Wildman–Crippen MR) is 90.0 cm³/mol. The van der Waals surface area contributed by atoms with E-state index in [0.717, 1.165) is 12.2 Å². The van der Waals surface area contributed by atoms with Crippen molar-refractivity contribution in [1.82, 2.24) is 5.32 Å². The summed E-state index contributed by atoms with van der Waals surface area (Å²) < 4.78 is 4.85. The summed E-state index contributed by atoms with van der Waals surface area (Å²) in [4.78, 5) is 13.0. The summed E-state index contributed by atoms with van der Waals surface area (Å²) in [5.41, 5.74) is 0.896. The average Bonchev–Trinajstić information content (AvgIpc) is 2.45. The van der Waals surface area contributed by atoms with Crippen LogP contribution in [0.15, 0.2) is 29.2 Å². The number of hydrogen-bond acceptors (Lipinski definition) is 4. The molecule has 21 heavy (non-hydrogen) atoms. The maximum atomic E-state index is 11.8. The molecule has 0 aliphatic heterocycles. The summed E-state index contributed by atoms with van der Waals surface area (Å²) >= 11 is 1.76. The van der Waals surface area contributed by atoms with Gasteiger partial charge in [0.05, 0.1) is 7.11 Å². The van der Waals surface area contributed by atoms with Crippen molar-refractivity contribution in [3.8, 4) is 0 Å². The van der Waals surface area contributed by atoms with E-state index in [2.05, 4.69) is 50.4 Å². The van der Waals surface area contributed by atoms with Crippen molar-refractivity contribution in [3.05, 3.63) is 29.8 Å². The quantitative estimate of drug-likeness (QED) is 0.643. The molecule has 1 aromatic carbocycles. The molecule has 0 bridgehead atoms. The fourth-order valence-electron chi connectivity index (χ4n) is 1.98. The topological polar surface area (TPSA) is 38.3 Å². The van der Waals surface area contributed by atoms with E-state index in [9.17, 15) is 4.79 Å². The van der Waals surface area contributed by atoms with E-state index in [1.54, 1.807) is 18.8 Å². The van der Waals surface area contributed by atoms with Gasteiger partial charge in [-0.2, -0.15) is 0 Å². The number of thioether (sulfide) groups is 1. The molecular weight excluding hydrogens is 282 g/mol. The molecule has 1 unspecified atom stereocenters. The van der Waals surface area contributed by atoms with Crippen LogP contribution in [0.4, 0.5) is 0 Å². The van der Waals surface area contributed by atoms with E-state index < -0.39 is 5.54 Å². The Kier molecular flexibility index (Phi) is 6.29. The van der Waals surface area contributed by atoms with Crippen LogP contribution in [-0.4, -0.2) is 31.4 Å². The standard InChI is InChI=1S/C17H27NO2S/c1-16(2,3)13-7-9-14(10-8-13)21-12-11-17(4,18-5)15(19)20-6/h7-10,18H,11-12H2,1-6H3. The Labute approximate surface area is 132 Å². The molecule has 1 aromatic rings. The summed E-state index contributed by atoms with van der Waals surface area (Å²) in [6, 6.07) is 8.67. The minimum Gasteiger partial charge on any atom is -0.468 e. The molecule has 0 spiro atoms. The van der Waals surface area contributed by atoms with E-state index in [1.807, 2.05) is 6.92 Å². The maximum Gasteiger partial charge on any atom is 0.325 e. The van der Waals surface area contributed by atoms with Gasteiger partial charge in [-0.1, -0.05) is 32.9 Å². The molecule has 0 heterocycles. The van der Waals surface area contributed by atoms with Gasteiger partial charge in [0.1, 0.15) is 5.54 Å². The van der Waals surface area contributed by atoms with Crippen molar-refractivity contribution in [2.75, 3.05) is 19.9 Å². The highest BCUT2D eigenvalue weighted by atomic mass is 32.2. The third-order valence-electron chi connectivity index (χ3n) is 3.78. The van der Waals surface area contributed by atoms with Crippen LogP contribution in [0.2, 0.25) is 0 Å². The number of carbonyl (C=O) groups excluding carboxylic acids is 1. The van der Waals surface area contributed by atoms with Crippen LogP contribution in [0.3, 0.4) is 0 Å². The average molecular weight is 309 g/mol. The van der Waals surface area contributed by atoms with Gasteiger partial charge in [-0.3, -0.25) is 4.79 Å². The molecular formula is C17H27NO2S. The van der Waals surface area contributed by atoms with Gasteiger partial charge in [-0.25, -0.2) is 0 Å². The second-order valence-electron chi connectivity index (χ2n) is 6.45. The number of benzene rings is 1. The van der Waals surface area contributed by atoms with Gasteiger partial charge < -0.3 is 10.1 Å². The molecule has 0 amide bonds. The van der Waals surface area contributed by atoms with Crippen LogP contribution >= 0.6 is 11.8 Å². The second kappa shape index (κ2) is 7.32. The number of ether oxygens (including phenoxy) is 1. The van der Waals surface area contributed by atoms with Gasteiger partial charge in [-0.15, -0.1) is 11.8 Å². The zero-order valence-corrected chi connectivity index (χ0v) is 14.8. The Morgan fingerprint density at radius 3 is 2.19 bits per heavy atom. The molecule has 1 atom stereocenters. The molecule has 0 fully saturated rings. The first-order valence-corrected chi connectivity index (χ1v) is 8.22. The first-order valence-electron chi connectivity index (χ1n) is 7.23. The van der Waals surface area contributed by atoms with Gasteiger partial charge in [0, 0.05) is 10.6 Å². The largest absolute Gasteiger partial charge is 0.468 e. The molecule has 0 radical (unpaired) electrons. The lowest BCUT2D eigenvalue weighted by molar-refractivity contribution is -0.147. The third-order valence-corrected chi connectivity index (χ3v) is 4.79. The normalized spacial score (nSPS) is 14.6. The van der Waals surface area contributed by atoms with Crippen LogP contribution in [0.5, 0.6) is 0 Å². The van der Waals surface area contributed by atoms with Crippen LogP contribution in [0, 0.1) is 0 Å². The lowest BCUT2D eigenvalue weighted by Crippen LogP contribution is -2.48. The summed E-state index contributed by atoms with van der Waals surface area (Å²) in [5.74, 6) is 0.648. The zero-order valence-electron chi connectivity index (χ0n) is 13.9. The van der Waals surface area contributed by atoms with E-state index >= 15 is 0 Å². The van der Waals surface area contributed by atoms with Crippen molar-refractivity contribution in [2.45, 2.75) is 50.0 Å². The maximum absolute atomic E-state index is 11.8. The second-order valence-corrected chi connectivity index (χ2v) is 7.61. The van der Waals surface area contributed by atoms with Crippen molar-refractivity contribution >= 4 is 17.7 Å². The highest BCUT2D eigenvalue weighted by Crippen LogP contribution is 2.27. The van der Waals surface area contributed by atoms with Crippen molar-refractivity contribution < 1.29 is 9.53 Å². The number of rotatable bonds is 6. The molecule has 1 rings (SSSR count). The lowest BCUT2D eigenvalue weighted by Gasteiger charge is -2.25. The SMILES string of the molecule is CNC(C)(CCSc1ccc(C(C)(C)C)cc1)C(=O)OC. The Morgan fingerprint density at radius 2 is 1.76 bits per heavy atom. The molecule has 0 aliphatic carbocycles. The van der Waals surface area contributed by atoms with E-state index in [0.29, 0.717) is 0 Å². The van der Waals surface area contributed by atoms with Gasteiger partial charge in [0.15, 0.2) is 0 Å². The summed E-state index contributed by atoms with van der Waals surface area (Å²) in [7, 11) is 3.22. The van der Waals surface area contributed by atoms with E-state index in [1.165, 1.54) is 17.6 Å². The van der Waals surface area contributed by atoms with Crippen LogP contribution in [0.25, 0.3) is 0 Å². The number of carbonyl (C=O) groups is 1. The van der Waals surface area contributed by atoms with Gasteiger partial charge >= 0.3 is 5.97 Å². The van der Waals surface area contributed by atoms with Crippen LogP contribution in [-0.2, 0) is 14.9 Å². The van der Waals surface area contributed by atoms with Crippen molar-refractivity contribution in [1.29, 1.82) is 0 Å². The number of hydrogen-bond donors (Lipinski definition) is 1. The first-order chi connectivity index (χ1) is 9.73. The highest BCUT2D eigenvalue weighted by Gasteiger charge is 2.31. The summed E-state index contributed by atoms with van der Waals surface area (Å²) in [5, 5.41) is 3.06. The number of methoxy groups -OCH3 is 1. The number of nitrogens with one attached hydrogen (secondary N) is 1.